The van der Waals surface area contributed by atoms with Gasteiger partial charge < -0.3 is 10.1 Å². The van der Waals surface area contributed by atoms with Crippen LogP contribution < -0.4 is 10.1 Å². The monoisotopic (exact) mass is 297 g/mol. The van der Waals surface area contributed by atoms with E-state index in [0.29, 0.717) is 18.4 Å². The van der Waals surface area contributed by atoms with Gasteiger partial charge in [0, 0.05) is 25.4 Å². The Morgan fingerprint density at radius 1 is 1.47 bits per heavy atom. The van der Waals surface area contributed by atoms with Crippen LogP contribution >= 0.6 is 15.9 Å². The van der Waals surface area contributed by atoms with Crippen LogP contribution in [0.15, 0.2) is 23.1 Å². The lowest BCUT2D eigenvalue weighted by Gasteiger charge is -2.05. The number of aromatic nitrogens is 4. The van der Waals surface area contributed by atoms with Gasteiger partial charge in [0.1, 0.15) is 0 Å². The minimum absolute atomic E-state index is 0.508. The molecule has 90 valence electrons. The third kappa shape index (κ3) is 2.94. The summed E-state index contributed by atoms with van der Waals surface area (Å²) < 4.78 is 7.57. The highest BCUT2D eigenvalue weighted by molar-refractivity contribution is 9.10. The van der Waals surface area contributed by atoms with Crippen molar-refractivity contribution in [2.45, 2.75) is 6.54 Å². The van der Waals surface area contributed by atoms with Crippen molar-refractivity contribution in [1.29, 1.82) is 0 Å². The van der Waals surface area contributed by atoms with E-state index in [1.807, 2.05) is 13.2 Å². The van der Waals surface area contributed by atoms with Gasteiger partial charge in [-0.05, 0) is 15.9 Å². The third-order valence-corrected chi connectivity index (χ3v) is 2.66. The summed E-state index contributed by atoms with van der Waals surface area (Å²) >= 11 is 3.30. The first-order chi connectivity index (χ1) is 8.19. The Hall–Kier alpha value is -1.63. The molecule has 0 aliphatic rings. The Labute approximate surface area is 107 Å². The van der Waals surface area contributed by atoms with E-state index in [0.717, 1.165) is 10.0 Å². The maximum Gasteiger partial charge on any atom is 0.232 e. The van der Waals surface area contributed by atoms with Gasteiger partial charge in [-0.25, -0.2) is 4.98 Å². The van der Waals surface area contributed by atoms with E-state index in [2.05, 4.69) is 36.3 Å². The maximum absolute atomic E-state index is 5.09. The zero-order chi connectivity index (χ0) is 12.3. The Balaban J connectivity index is 2.04. The number of nitrogens with zero attached hydrogens (tertiary/aromatic N) is 4. The molecular weight excluding hydrogens is 286 g/mol. The van der Waals surface area contributed by atoms with Crippen molar-refractivity contribution >= 4 is 21.9 Å². The van der Waals surface area contributed by atoms with Gasteiger partial charge in [0.2, 0.25) is 11.8 Å². The predicted molar refractivity (Wildman–Crippen MR) is 66.8 cm³/mol. The lowest BCUT2D eigenvalue weighted by Crippen LogP contribution is -2.04. The maximum atomic E-state index is 5.09. The fraction of sp³-hybridized carbons (Fsp3) is 0.300. The fourth-order valence-electron chi connectivity index (χ4n) is 1.32. The van der Waals surface area contributed by atoms with Crippen LogP contribution in [0.1, 0.15) is 5.56 Å². The molecule has 0 aliphatic carbocycles. The molecule has 7 heteroatoms. The van der Waals surface area contributed by atoms with Gasteiger partial charge in [-0.3, -0.25) is 4.68 Å². The zero-order valence-corrected chi connectivity index (χ0v) is 11.1. The standard InChI is InChI=1S/C10H12BrN5O/c1-16-6-7(4-14-16)3-12-10-13-5-8(11)9(15-10)17-2/h4-6H,3H2,1-2H3,(H,12,13,15). The summed E-state index contributed by atoms with van der Waals surface area (Å²) in [5.41, 5.74) is 1.07. The number of ether oxygens (including phenoxy) is 1. The minimum atomic E-state index is 0.508. The van der Waals surface area contributed by atoms with Gasteiger partial charge in [0.05, 0.1) is 24.0 Å². The largest absolute Gasteiger partial charge is 0.480 e. The predicted octanol–water partition coefficient (Wildman–Crippen LogP) is 1.59. The highest BCUT2D eigenvalue weighted by atomic mass is 79.9. The lowest BCUT2D eigenvalue weighted by molar-refractivity contribution is 0.394. The molecule has 2 heterocycles. The molecule has 1 N–H and O–H groups in total. The smallest absolute Gasteiger partial charge is 0.232 e. The summed E-state index contributed by atoms with van der Waals surface area (Å²) in [4.78, 5) is 8.33. The second-order valence-corrected chi connectivity index (χ2v) is 4.28. The molecule has 0 saturated heterocycles. The molecule has 0 bridgehead atoms. The summed E-state index contributed by atoms with van der Waals surface area (Å²) in [6.45, 7) is 0.624. The summed E-state index contributed by atoms with van der Waals surface area (Å²) in [6.07, 6.45) is 5.38. The molecule has 0 atom stereocenters. The van der Waals surface area contributed by atoms with Crippen LogP contribution in [0.4, 0.5) is 5.95 Å². The molecule has 0 aromatic carbocycles. The first-order valence-corrected chi connectivity index (χ1v) is 5.76. The molecule has 0 amide bonds. The Morgan fingerprint density at radius 3 is 2.94 bits per heavy atom. The van der Waals surface area contributed by atoms with Gasteiger partial charge in [-0.15, -0.1) is 0 Å². The van der Waals surface area contributed by atoms with Crippen LogP contribution in [-0.2, 0) is 13.6 Å². The van der Waals surface area contributed by atoms with Crippen LogP contribution in [-0.4, -0.2) is 26.9 Å². The Bertz CT molecular complexity index is 513. The summed E-state index contributed by atoms with van der Waals surface area (Å²) in [7, 11) is 3.45. The first-order valence-electron chi connectivity index (χ1n) is 4.97. The number of halogens is 1. The highest BCUT2D eigenvalue weighted by Gasteiger charge is 2.05. The van der Waals surface area contributed by atoms with E-state index in [4.69, 9.17) is 4.74 Å². The van der Waals surface area contributed by atoms with Gasteiger partial charge in [0.25, 0.3) is 0 Å². The van der Waals surface area contributed by atoms with Gasteiger partial charge in [-0.2, -0.15) is 10.1 Å². The van der Waals surface area contributed by atoms with Crippen molar-refractivity contribution in [3.63, 3.8) is 0 Å². The van der Waals surface area contributed by atoms with Crippen LogP contribution in [0.3, 0.4) is 0 Å². The average molecular weight is 298 g/mol. The molecule has 0 spiro atoms. The van der Waals surface area contributed by atoms with Crippen LogP contribution in [0.5, 0.6) is 5.88 Å². The fourth-order valence-corrected chi connectivity index (χ4v) is 1.68. The number of hydrogen-bond donors (Lipinski definition) is 1. The van der Waals surface area contributed by atoms with E-state index in [9.17, 15) is 0 Å². The average Bonchev–Trinajstić information content (AvgIpc) is 2.74. The first kappa shape index (κ1) is 11.8. The number of anilines is 1. The molecule has 0 unspecified atom stereocenters. The summed E-state index contributed by atoms with van der Waals surface area (Å²) in [5, 5.41) is 7.18. The highest BCUT2D eigenvalue weighted by Crippen LogP contribution is 2.21. The van der Waals surface area contributed by atoms with Crippen molar-refractivity contribution in [1.82, 2.24) is 19.7 Å². The molecule has 0 saturated carbocycles. The SMILES string of the molecule is COc1nc(NCc2cnn(C)c2)ncc1Br. The molecule has 2 aromatic rings. The second-order valence-electron chi connectivity index (χ2n) is 3.43. The molecule has 0 aliphatic heterocycles. The zero-order valence-electron chi connectivity index (χ0n) is 9.51. The summed E-state index contributed by atoms with van der Waals surface area (Å²) in [5.74, 6) is 1.03. The summed E-state index contributed by atoms with van der Waals surface area (Å²) in [6, 6.07) is 0. The number of hydrogen-bond acceptors (Lipinski definition) is 5. The van der Waals surface area contributed by atoms with E-state index < -0.39 is 0 Å². The normalized spacial score (nSPS) is 10.3. The molecular formula is C10H12BrN5O. The molecule has 6 nitrogen and oxygen atoms in total. The molecule has 17 heavy (non-hydrogen) atoms. The number of rotatable bonds is 4. The van der Waals surface area contributed by atoms with Crippen molar-refractivity contribution < 1.29 is 4.74 Å². The van der Waals surface area contributed by atoms with Gasteiger partial charge in [0.15, 0.2) is 0 Å². The van der Waals surface area contributed by atoms with Gasteiger partial charge in [-0.1, -0.05) is 0 Å². The molecule has 2 rings (SSSR count). The Morgan fingerprint density at radius 2 is 2.29 bits per heavy atom. The second kappa shape index (κ2) is 5.13. The van der Waals surface area contributed by atoms with Crippen molar-refractivity contribution in [3.05, 3.63) is 28.6 Å². The quantitative estimate of drug-likeness (QED) is 0.928. The number of methoxy groups -OCH3 is 1. The van der Waals surface area contributed by atoms with Crippen LogP contribution in [0.2, 0.25) is 0 Å². The van der Waals surface area contributed by atoms with E-state index in [-0.39, 0.29) is 0 Å². The molecule has 0 fully saturated rings. The number of nitrogens with one attached hydrogen (secondary N) is 1. The van der Waals surface area contributed by atoms with E-state index in [1.54, 1.807) is 24.2 Å². The topological polar surface area (TPSA) is 64.9 Å². The molecule has 2 aromatic heterocycles. The van der Waals surface area contributed by atoms with Crippen molar-refractivity contribution in [2.75, 3.05) is 12.4 Å². The number of aryl methyl sites for hydroxylation is 1. The third-order valence-electron chi connectivity index (χ3n) is 2.11. The van der Waals surface area contributed by atoms with E-state index in [1.165, 1.54) is 0 Å². The van der Waals surface area contributed by atoms with E-state index >= 15 is 0 Å². The van der Waals surface area contributed by atoms with Crippen molar-refractivity contribution in [3.8, 4) is 5.88 Å². The van der Waals surface area contributed by atoms with Gasteiger partial charge >= 0.3 is 0 Å². The van der Waals surface area contributed by atoms with Crippen molar-refractivity contribution in [2.24, 2.45) is 7.05 Å². The lowest BCUT2D eigenvalue weighted by atomic mass is 10.4. The van der Waals surface area contributed by atoms with Crippen LogP contribution in [0.25, 0.3) is 0 Å². The minimum Gasteiger partial charge on any atom is -0.480 e. The van der Waals surface area contributed by atoms with Crippen LogP contribution in [0, 0.1) is 0 Å². The molecule has 0 radical (unpaired) electrons. The Kier molecular flexibility index (Phi) is 3.58.